The Labute approximate surface area is 165 Å². The number of anilines is 1. The summed E-state index contributed by atoms with van der Waals surface area (Å²) in [5.74, 6) is -0.0357. The van der Waals surface area contributed by atoms with Crippen LogP contribution in [0.4, 0.5) is 11.4 Å². The van der Waals surface area contributed by atoms with Crippen molar-refractivity contribution in [2.45, 2.75) is 13.8 Å². The van der Waals surface area contributed by atoms with Crippen LogP contribution in [0.5, 0.6) is 0 Å². The first-order valence-corrected chi connectivity index (χ1v) is 8.82. The van der Waals surface area contributed by atoms with Gasteiger partial charge in [0.1, 0.15) is 0 Å². The second-order valence-electron chi connectivity index (χ2n) is 6.53. The first-order valence-electron chi connectivity index (χ1n) is 8.82. The maximum atomic E-state index is 12.8. The molecule has 8 heteroatoms. The second-order valence-corrected chi connectivity index (χ2v) is 6.53. The summed E-state index contributed by atoms with van der Waals surface area (Å²) >= 11 is 0. The monoisotopic (exact) mass is 388 g/mol. The Morgan fingerprint density at radius 1 is 1.14 bits per heavy atom. The molecule has 0 fully saturated rings. The highest BCUT2D eigenvalue weighted by Crippen LogP contribution is 2.28. The van der Waals surface area contributed by atoms with Gasteiger partial charge >= 0.3 is 0 Å². The third-order valence-electron chi connectivity index (χ3n) is 4.64. The van der Waals surface area contributed by atoms with Gasteiger partial charge in [0.25, 0.3) is 11.6 Å². The smallest absolute Gasteiger partial charge is 0.273 e. The number of nitro groups is 1. The molecule has 1 amide bonds. The fraction of sp³-hybridized carbons (Fsp3) is 0.0952. The van der Waals surface area contributed by atoms with Gasteiger partial charge in [-0.15, -0.1) is 0 Å². The molecule has 0 bridgehead atoms. The number of amides is 1. The fourth-order valence-electron chi connectivity index (χ4n) is 3.04. The Balaban J connectivity index is 1.67. The van der Waals surface area contributed by atoms with E-state index in [1.54, 1.807) is 37.4 Å². The summed E-state index contributed by atoms with van der Waals surface area (Å²) in [6.07, 6.45) is 1.64. The average Bonchev–Trinajstić information content (AvgIpc) is 3.13. The minimum absolute atomic E-state index is 0.0953. The summed E-state index contributed by atoms with van der Waals surface area (Å²) in [4.78, 5) is 31.9. The number of carbonyl (C=O) groups is 1. The number of aryl methyl sites for hydroxylation is 1. The Morgan fingerprint density at radius 2 is 1.97 bits per heavy atom. The van der Waals surface area contributed by atoms with Gasteiger partial charge in [0.2, 0.25) is 5.89 Å². The van der Waals surface area contributed by atoms with E-state index in [-0.39, 0.29) is 11.3 Å². The zero-order valence-corrected chi connectivity index (χ0v) is 15.7. The van der Waals surface area contributed by atoms with Crippen molar-refractivity contribution in [2.24, 2.45) is 0 Å². The quantitative estimate of drug-likeness (QED) is 0.402. The van der Waals surface area contributed by atoms with Gasteiger partial charge in [-0.3, -0.25) is 14.9 Å². The Hall–Kier alpha value is -4.07. The molecule has 0 aliphatic rings. The van der Waals surface area contributed by atoms with Gasteiger partial charge in [0.05, 0.1) is 4.92 Å². The summed E-state index contributed by atoms with van der Waals surface area (Å²) in [5, 5.41) is 14.0. The van der Waals surface area contributed by atoms with Crippen molar-refractivity contribution >= 4 is 28.5 Å². The number of nitrogens with one attached hydrogen (secondary N) is 1. The van der Waals surface area contributed by atoms with E-state index in [2.05, 4.69) is 15.3 Å². The minimum atomic E-state index is -0.501. The molecule has 0 spiro atoms. The van der Waals surface area contributed by atoms with Crippen LogP contribution >= 0.6 is 0 Å². The molecule has 0 aliphatic heterocycles. The van der Waals surface area contributed by atoms with Crippen LogP contribution in [0.25, 0.3) is 22.7 Å². The normalized spacial score (nSPS) is 10.8. The van der Waals surface area contributed by atoms with E-state index < -0.39 is 10.8 Å². The van der Waals surface area contributed by atoms with Gasteiger partial charge in [-0.2, -0.15) is 4.98 Å². The first-order chi connectivity index (χ1) is 13.9. The number of aromatic nitrogens is 2. The predicted octanol–water partition coefficient (Wildman–Crippen LogP) is 4.67. The minimum Gasteiger partial charge on any atom is -0.434 e. The van der Waals surface area contributed by atoms with Crippen molar-refractivity contribution in [3.05, 3.63) is 81.5 Å². The van der Waals surface area contributed by atoms with Gasteiger partial charge in [0.15, 0.2) is 11.2 Å². The lowest BCUT2D eigenvalue weighted by molar-refractivity contribution is -0.385. The molecule has 2 heterocycles. The molecule has 0 atom stereocenters. The summed E-state index contributed by atoms with van der Waals surface area (Å²) in [6.45, 7) is 3.41. The van der Waals surface area contributed by atoms with Crippen LogP contribution < -0.4 is 5.32 Å². The summed E-state index contributed by atoms with van der Waals surface area (Å²) in [7, 11) is 0. The molecule has 0 aliphatic carbocycles. The van der Waals surface area contributed by atoms with Gasteiger partial charge in [-0.05, 0) is 49.7 Å². The van der Waals surface area contributed by atoms with Gasteiger partial charge < -0.3 is 9.73 Å². The zero-order valence-electron chi connectivity index (χ0n) is 15.7. The number of rotatable bonds is 4. The molecule has 1 N–H and O–H groups in total. The van der Waals surface area contributed by atoms with E-state index in [0.29, 0.717) is 33.9 Å². The number of benzene rings is 2. The van der Waals surface area contributed by atoms with Gasteiger partial charge in [-0.25, -0.2) is 4.98 Å². The van der Waals surface area contributed by atoms with Crippen LogP contribution in [0.15, 0.2) is 59.1 Å². The fourth-order valence-corrected chi connectivity index (χ4v) is 3.04. The van der Waals surface area contributed by atoms with Crippen LogP contribution in [-0.4, -0.2) is 20.8 Å². The molecule has 29 heavy (non-hydrogen) atoms. The van der Waals surface area contributed by atoms with E-state index in [9.17, 15) is 14.9 Å². The van der Waals surface area contributed by atoms with E-state index in [1.165, 1.54) is 12.1 Å². The standard InChI is InChI=1S/C21H16N4O4/c1-12-8-9-14(21-24-19-18(29-21)7-4-10-22-19)11-16(12)23-20(26)15-5-3-6-17(13(15)2)25(27)28/h3-11H,1-2H3,(H,23,26). The molecule has 8 nitrogen and oxygen atoms in total. The highest BCUT2D eigenvalue weighted by molar-refractivity contribution is 6.06. The number of carbonyl (C=O) groups excluding carboxylic acids is 1. The molecule has 0 saturated carbocycles. The number of hydrogen-bond donors (Lipinski definition) is 1. The zero-order chi connectivity index (χ0) is 20.5. The molecule has 2 aromatic heterocycles. The third kappa shape index (κ3) is 3.43. The largest absolute Gasteiger partial charge is 0.434 e. The number of hydrogen-bond acceptors (Lipinski definition) is 6. The lowest BCUT2D eigenvalue weighted by Gasteiger charge is -2.11. The summed E-state index contributed by atoms with van der Waals surface area (Å²) in [6, 6.07) is 13.4. The van der Waals surface area contributed by atoms with Crippen molar-refractivity contribution < 1.29 is 14.1 Å². The van der Waals surface area contributed by atoms with Crippen molar-refractivity contribution in [1.82, 2.24) is 9.97 Å². The van der Waals surface area contributed by atoms with E-state index in [4.69, 9.17) is 4.42 Å². The first kappa shape index (κ1) is 18.3. The van der Waals surface area contributed by atoms with E-state index in [0.717, 1.165) is 5.56 Å². The lowest BCUT2D eigenvalue weighted by atomic mass is 10.1. The third-order valence-corrected chi connectivity index (χ3v) is 4.64. The van der Waals surface area contributed by atoms with Gasteiger partial charge in [-0.1, -0.05) is 12.1 Å². The number of fused-ring (bicyclic) bond motifs is 1. The molecule has 0 unspecified atom stereocenters. The number of pyridine rings is 1. The van der Waals surface area contributed by atoms with Gasteiger partial charge in [0, 0.05) is 34.6 Å². The maximum absolute atomic E-state index is 12.8. The molecule has 4 aromatic rings. The highest BCUT2D eigenvalue weighted by Gasteiger charge is 2.19. The molecular weight excluding hydrogens is 372 g/mol. The van der Waals surface area contributed by atoms with Crippen molar-refractivity contribution in [3.8, 4) is 11.5 Å². The van der Waals surface area contributed by atoms with Crippen LogP contribution in [0.3, 0.4) is 0 Å². The van der Waals surface area contributed by atoms with E-state index >= 15 is 0 Å². The summed E-state index contributed by atoms with van der Waals surface area (Å²) in [5.41, 5.74) is 3.61. The predicted molar refractivity (Wildman–Crippen MR) is 108 cm³/mol. The Bertz CT molecular complexity index is 1230. The number of nitro benzene ring substituents is 1. The molecular formula is C21H16N4O4. The van der Waals surface area contributed by atoms with Crippen LogP contribution in [-0.2, 0) is 0 Å². The number of nitrogens with zero attached hydrogens (tertiary/aromatic N) is 3. The second kappa shape index (κ2) is 7.16. The molecule has 2 aromatic carbocycles. The highest BCUT2D eigenvalue weighted by atomic mass is 16.6. The topological polar surface area (TPSA) is 111 Å². The van der Waals surface area contributed by atoms with Crippen molar-refractivity contribution in [1.29, 1.82) is 0 Å². The lowest BCUT2D eigenvalue weighted by Crippen LogP contribution is -2.15. The Morgan fingerprint density at radius 3 is 2.72 bits per heavy atom. The molecule has 0 saturated heterocycles. The van der Waals surface area contributed by atoms with E-state index in [1.807, 2.05) is 19.1 Å². The number of oxazole rings is 1. The van der Waals surface area contributed by atoms with Crippen molar-refractivity contribution in [2.75, 3.05) is 5.32 Å². The van der Waals surface area contributed by atoms with Crippen LogP contribution in [0.2, 0.25) is 0 Å². The molecule has 4 rings (SSSR count). The molecule has 144 valence electrons. The summed E-state index contributed by atoms with van der Waals surface area (Å²) < 4.78 is 5.74. The maximum Gasteiger partial charge on any atom is 0.273 e. The SMILES string of the molecule is Cc1ccc(-c2nc3ncccc3o2)cc1NC(=O)c1cccc([N+](=O)[O-])c1C. The van der Waals surface area contributed by atoms with Crippen LogP contribution in [0, 0.1) is 24.0 Å². The average molecular weight is 388 g/mol. The van der Waals surface area contributed by atoms with Crippen molar-refractivity contribution in [3.63, 3.8) is 0 Å². The van der Waals surface area contributed by atoms with Crippen LogP contribution in [0.1, 0.15) is 21.5 Å². The Kier molecular flexibility index (Phi) is 4.52. The molecule has 0 radical (unpaired) electrons.